The van der Waals surface area contributed by atoms with E-state index >= 15 is 0 Å². The van der Waals surface area contributed by atoms with Gasteiger partial charge in [-0.3, -0.25) is 4.98 Å². The van der Waals surface area contributed by atoms with Crippen molar-refractivity contribution in [2.24, 2.45) is 0 Å². The maximum atomic E-state index is 11.4. The molecular weight excluding hydrogens is 1010 g/mol. The highest BCUT2D eigenvalue weighted by molar-refractivity contribution is 6.14. The number of benzene rings is 9. The molecule has 0 spiro atoms. The van der Waals surface area contributed by atoms with E-state index in [1.807, 2.05) is 111 Å². The highest BCUT2D eigenvalue weighted by Gasteiger charge is 2.26. The quantitative estimate of drug-likeness (QED) is 0.146. The van der Waals surface area contributed by atoms with Gasteiger partial charge in [0.25, 0.3) is 0 Å². The van der Waals surface area contributed by atoms with E-state index in [2.05, 4.69) is 63.8 Å². The average Bonchev–Trinajstić information content (AvgIpc) is 3.61. The van der Waals surface area contributed by atoms with Crippen LogP contribution >= 0.6 is 0 Å². The van der Waals surface area contributed by atoms with Crippen LogP contribution in [0.15, 0.2) is 170 Å². The van der Waals surface area contributed by atoms with Crippen molar-refractivity contribution in [1.82, 2.24) is 14.1 Å². The van der Waals surface area contributed by atoms with Gasteiger partial charge in [0.15, 0.2) is 0 Å². The molecule has 0 aliphatic carbocycles. The van der Waals surface area contributed by atoms with Crippen LogP contribution in [0.5, 0.6) is 0 Å². The van der Waals surface area contributed by atoms with Gasteiger partial charge in [-0.25, -0.2) is 0 Å². The molecule has 0 radical (unpaired) electrons. The molecule has 0 N–H and O–H groups in total. The summed E-state index contributed by atoms with van der Waals surface area (Å²) in [5.41, 5.74) is 15.1. The van der Waals surface area contributed by atoms with E-state index in [0.29, 0.717) is 134 Å². The van der Waals surface area contributed by atoms with E-state index in [9.17, 15) is 47.4 Å². The first-order valence-electron chi connectivity index (χ1n) is 25.5. The van der Waals surface area contributed by atoms with Crippen molar-refractivity contribution in [3.8, 4) is 122 Å². The van der Waals surface area contributed by atoms with Crippen molar-refractivity contribution >= 4 is 43.6 Å². The lowest BCUT2D eigenvalue weighted by Crippen LogP contribution is -2.06. The lowest BCUT2D eigenvalue weighted by Gasteiger charge is -2.22. The Kier molecular flexibility index (Phi) is 12.1. The second kappa shape index (κ2) is 19.9. The molecule has 0 amide bonds. The van der Waals surface area contributed by atoms with Crippen LogP contribution in [-0.4, -0.2) is 14.1 Å². The topological polar surface area (TPSA) is 237 Å². The minimum absolute atomic E-state index is 0.294. The predicted molar refractivity (Wildman–Crippen MR) is 312 cm³/mol. The molecule has 0 saturated carbocycles. The molecule has 3 heterocycles. The Morgan fingerprint density at radius 3 is 0.720 bits per heavy atom. The summed E-state index contributed by atoms with van der Waals surface area (Å²) in [6.07, 6.45) is 0. The van der Waals surface area contributed by atoms with E-state index in [1.54, 1.807) is 72.8 Å². The Morgan fingerprint density at radius 2 is 0.488 bits per heavy atom. The summed E-state index contributed by atoms with van der Waals surface area (Å²) in [4.78, 5) is 4.82. The number of rotatable bonds is 7. The molecule has 0 bridgehead atoms. The second-order valence-corrected chi connectivity index (χ2v) is 19.8. The molecule has 0 unspecified atom stereocenters. The number of aryl methyl sites for hydroxylation is 2. The van der Waals surface area contributed by atoms with E-state index in [-0.39, 0.29) is 0 Å². The normalized spacial score (nSPS) is 10.7. The summed E-state index contributed by atoms with van der Waals surface area (Å²) in [5.74, 6) is 0. The van der Waals surface area contributed by atoms with Crippen LogP contribution in [0.2, 0.25) is 0 Å². The van der Waals surface area contributed by atoms with Crippen molar-refractivity contribution in [3.05, 3.63) is 231 Å². The van der Waals surface area contributed by atoms with Gasteiger partial charge in [-0.1, -0.05) is 48.5 Å². The lowest BCUT2D eigenvalue weighted by atomic mass is 9.96. The number of nitriles is 9. The Bertz CT molecular complexity index is 4550. The zero-order chi connectivity index (χ0) is 56.9. The number of hydrogen-bond donors (Lipinski definition) is 0. The molecule has 12 aromatic rings. The minimum Gasteiger partial charge on any atom is -0.308 e. The van der Waals surface area contributed by atoms with Gasteiger partial charge in [0.1, 0.15) is 0 Å². The third-order valence-electron chi connectivity index (χ3n) is 14.7. The standard InChI is InChI=1S/C70H34N12/c1-40-11-59(12-41(2)80-40)70-68(81-64-27-51(55-17-42(31-71)13-43(18-55)32-72)3-7-60(64)61-8-4-52(28-65(61)81)56-19-44(33-73)14-45(20-56)34-74)25-50(39-79)26-69(70)82-66-29-53(57-21-46(35-75)15-47(22-57)36-76)5-9-62(66)63-10-6-54(30-67(63)82)58-23-48(37-77)16-49(24-58)38-78/h3-30H,1-2H3. The SMILES string of the molecule is Cc1cc(-c2c(-n3c4cc(-c5cc(C#N)cc(C#N)c5)ccc4c4ccc(-c5cc(C#N)cc(C#N)c5)cc43)cc(C#N)cc2-n2c3cc(-c4cc(C#N)cc(C#N)c4)ccc3c3ccc(-c4cc(C#N)cc(C#N)c4)cc32)cc(C)n1. The summed E-state index contributed by atoms with van der Waals surface area (Å²) < 4.78 is 4.22. The summed E-state index contributed by atoms with van der Waals surface area (Å²) >= 11 is 0. The van der Waals surface area contributed by atoms with Gasteiger partial charge >= 0.3 is 0 Å². The van der Waals surface area contributed by atoms with Crippen molar-refractivity contribution in [1.29, 1.82) is 47.4 Å². The molecule has 0 atom stereocenters. The summed E-state index contributed by atoms with van der Waals surface area (Å²) in [6.45, 7) is 3.84. The van der Waals surface area contributed by atoms with Crippen molar-refractivity contribution in [2.75, 3.05) is 0 Å². The Morgan fingerprint density at radius 1 is 0.256 bits per heavy atom. The zero-order valence-corrected chi connectivity index (χ0v) is 43.5. The first-order valence-corrected chi connectivity index (χ1v) is 25.5. The molecule has 0 aliphatic heterocycles. The van der Waals surface area contributed by atoms with Crippen molar-refractivity contribution < 1.29 is 0 Å². The fourth-order valence-corrected chi connectivity index (χ4v) is 11.3. The van der Waals surface area contributed by atoms with Gasteiger partial charge in [0, 0.05) is 38.5 Å². The Hall–Kier alpha value is -12.9. The number of hydrogen-bond acceptors (Lipinski definition) is 10. The first-order chi connectivity index (χ1) is 39.9. The third-order valence-corrected chi connectivity index (χ3v) is 14.7. The fraction of sp³-hybridized carbons (Fsp3) is 0.0286. The zero-order valence-electron chi connectivity index (χ0n) is 43.5. The molecule has 0 fully saturated rings. The number of nitrogens with zero attached hydrogens (tertiary/aromatic N) is 12. The van der Waals surface area contributed by atoms with Crippen LogP contribution in [0, 0.1) is 116 Å². The maximum absolute atomic E-state index is 11.4. The maximum Gasteiger partial charge on any atom is 0.0993 e. The molecular formula is C70H34N12. The minimum atomic E-state index is 0.294. The van der Waals surface area contributed by atoms with E-state index in [1.165, 1.54) is 0 Å². The summed E-state index contributed by atoms with van der Waals surface area (Å²) in [5, 5.41) is 95.4. The molecule has 9 aromatic carbocycles. The van der Waals surface area contributed by atoms with Crippen molar-refractivity contribution in [3.63, 3.8) is 0 Å². The highest BCUT2D eigenvalue weighted by atomic mass is 15.0. The number of pyridine rings is 1. The van der Waals surface area contributed by atoms with Crippen LogP contribution in [0.4, 0.5) is 0 Å². The molecule has 374 valence electrons. The van der Waals surface area contributed by atoms with Gasteiger partial charge in [-0.05, 0) is 185 Å². The lowest BCUT2D eigenvalue weighted by molar-refractivity contribution is 1.11. The molecule has 12 heteroatoms. The van der Waals surface area contributed by atoms with Crippen LogP contribution in [0.3, 0.4) is 0 Å². The van der Waals surface area contributed by atoms with Crippen LogP contribution in [-0.2, 0) is 0 Å². The van der Waals surface area contributed by atoms with Crippen LogP contribution < -0.4 is 0 Å². The van der Waals surface area contributed by atoms with Gasteiger partial charge in [-0.2, -0.15) is 47.4 Å². The van der Waals surface area contributed by atoms with E-state index < -0.39 is 0 Å². The molecule has 12 rings (SSSR count). The number of aromatic nitrogens is 3. The van der Waals surface area contributed by atoms with Gasteiger partial charge < -0.3 is 9.13 Å². The van der Waals surface area contributed by atoms with Crippen LogP contribution in [0.1, 0.15) is 61.5 Å². The monoisotopic (exact) mass is 1040 g/mol. The number of fused-ring (bicyclic) bond motifs is 6. The predicted octanol–water partition coefficient (Wildman–Crippen LogP) is 15.1. The summed E-state index contributed by atoms with van der Waals surface area (Å²) in [7, 11) is 0. The van der Waals surface area contributed by atoms with Gasteiger partial charge in [-0.15, -0.1) is 0 Å². The molecule has 12 nitrogen and oxygen atoms in total. The molecule has 0 aliphatic rings. The largest absolute Gasteiger partial charge is 0.308 e. The van der Waals surface area contributed by atoms with Crippen molar-refractivity contribution in [2.45, 2.75) is 13.8 Å². The Balaban J connectivity index is 1.27. The summed E-state index contributed by atoms with van der Waals surface area (Å²) in [6, 6.07) is 71.7. The van der Waals surface area contributed by atoms with E-state index in [4.69, 9.17) is 4.98 Å². The van der Waals surface area contributed by atoms with Crippen LogP contribution in [0.25, 0.3) is 111 Å². The Labute approximate surface area is 469 Å². The third kappa shape index (κ3) is 8.57. The van der Waals surface area contributed by atoms with Gasteiger partial charge in [0.05, 0.1) is 138 Å². The second-order valence-electron chi connectivity index (χ2n) is 19.8. The molecule has 3 aromatic heterocycles. The van der Waals surface area contributed by atoms with E-state index in [0.717, 1.165) is 38.5 Å². The fourth-order valence-electron chi connectivity index (χ4n) is 11.3. The first kappa shape index (κ1) is 50.0. The molecule has 82 heavy (non-hydrogen) atoms. The molecule has 0 saturated heterocycles. The smallest absolute Gasteiger partial charge is 0.0993 e. The van der Waals surface area contributed by atoms with Gasteiger partial charge in [0.2, 0.25) is 0 Å². The highest BCUT2D eigenvalue weighted by Crippen LogP contribution is 2.46. The average molecular weight is 1040 g/mol.